The zero-order valence-electron chi connectivity index (χ0n) is 12.9. The standard InChI is InChI=1S/C18H15N3O3/c22-17(13-6-7-15-12(10-13)4-3-9-24-15)20-14-11-19-16-5-1-2-8-21(16)18(14)23/h1-2,5-8,10-11H,3-4,9H2,(H,20,22). The predicted molar refractivity (Wildman–Crippen MR) is 89.7 cm³/mol. The van der Waals surface area contributed by atoms with Crippen LogP contribution in [0.1, 0.15) is 22.3 Å². The molecule has 2 aromatic heterocycles. The minimum atomic E-state index is -0.335. The van der Waals surface area contributed by atoms with Crippen LogP contribution in [0.25, 0.3) is 5.65 Å². The molecule has 1 N–H and O–H groups in total. The summed E-state index contributed by atoms with van der Waals surface area (Å²) >= 11 is 0. The van der Waals surface area contributed by atoms with Crippen molar-refractivity contribution in [3.63, 3.8) is 0 Å². The molecule has 0 atom stereocenters. The normalized spacial score (nSPS) is 13.2. The van der Waals surface area contributed by atoms with Crippen LogP contribution in [-0.2, 0) is 6.42 Å². The molecule has 0 saturated heterocycles. The fourth-order valence-corrected chi connectivity index (χ4v) is 2.81. The first-order valence-electron chi connectivity index (χ1n) is 7.76. The number of aryl methyl sites for hydroxylation is 1. The van der Waals surface area contributed by atoms with Crippen molar-refractivity contribution in [1.29, 1.82) is 0 Å². The fourth-order valence-electron chi connectivity index (χ4n) is 2.81. The van der Waals surface area contributed by atoms with Crippen LogP contribution in [0.4, 0.5) is 5.69 Å². The first kappa shape index (κ1) is 14.4. The fraction of sp³-hybridized carbons (Fsp3) is 0.167. The van der Waals surface area contributed by atoms with Crippen LogP contribution in [-0.4, -0.2) is 21.9 Å². The molecule has 3 heterocycles. The molecule has 1 amide bonds. The Bertz CT molecular complexity index is 994. The Morgan fingerprint density at radius 3 is 3.08 bits per heavy atom. The molecule has 1 aliphatic heterocycles. The molecule has 24 heavy (non-hydrogen) atoms. The number of amides is 1. The van der Waals surface area contributed by atoms with Crippen LogP contribution in [0.15, 0.2) is 53.6 Å². The van der Waals surface area contributed by atoms with Crippen LogP contribution in [0.3, 0.4) is 0 Å². The highest BCUT2D eigenvalue weighted by Crippen LogP contribution is 2.25. The summed E-state index contributed by atoms with van der Waals surface area (Å²) in [5.74, 6) is 0.489. The SMILES string of the molecule is O=C(Nc1cnc2ccccn2c1=O)c1ccc2c(c1)CCCO2. The minimum absolute atomic E-state index is 0.151. The molecule has 0 fully saturated rings. The van der Waals surface area contributed by atoms with E-state index in [1.54, 1.807) is 36.5 Å². The highest BCUT2D eigenvalue weighted by Gasteiger charge is 2.15. The molecule has 0 aliphatic carbocycles. The number of ether oxygens (including phenoxy) is 1. The van der Waals surface area contributed by atoms with Crippen molar-refractivity contribution < 1.29 is 9.53 Å². The highest BCUT2D eigenvalue weighted by molar-refractivity contribution is 6.04. The number of anilines is 1. The second kappa shape index (κ2) is 5.81. The molecule has 0 unspecified atom stereocenters. The summed E-state index contributed by atoms with van der Waals surface area (Å²) in [6.45, 7) is 0.706. The van der Waals surface area contributed by atoms with E-state index in [-0.39, 0.29) is 17.2 Å². The van der Waals surface area contributed by atoms with Crippen molar-refractivity contribution >= 4 is 17.2 Å². The Kier molecular flexibility index (Phi) is 3.49. The molecule has 3 aromatic rings. The number of nitrogens with one attached hydrogen (secondary N) is 1. The zero-order chi connectivity index (χ0) is 16.5. The molecule has 0 saturated carbocycles. The highest BCUT2D eigenvalue weighted by atomic mass is 16.5. The van der Waals surface area contributed by atoms with Gasteiger partial charge in [-0.25, -0.2) is 4.98 Å². The maximum Gasteiger partial charge on any atom is 0.281 e. The van der Waals surface area contributed by atoms with Gasteiger partial charge in [0.15, 0.2) is 0 Å². The van der Waals surface area contributed by atoms with E-state index >= 15 is 0 Å². The van der Waals surface area contributed by atoms with E-state index in [4.69, 9.17) is 4.74 Å². The van der Waals surface area contributed by atoms with Crippen LogP contribution >= 0.6 is 0 Å². The second-order valence-electron chi connectivity index (χ2n) is 5.63. The summed E-state index contributed by atoms with van der Waals surface area (Å²) in [5.41, 5.74) is 1.89. The lowest BCUT2D eigenvalue weighted by molar-refractivity contribution is 0.102. The summed E-state index contributed by atoms with van der Waals surface area (Å²) in [5, 5.41) is 2.65. The summed E-state index contributed by atoms with van der Waals surface area (Å²) in [7, 11) is 0. The van der Waals surface area contributed by atoms with Gasteiger partial charge in [0, 0.05) is 11.8 Å². The van der Waals surface area contributed by atoms with Crippen LogP contribution < -0.4 is 15.6 Å². The monoisotopic (exact) mass is 321 g/mol. The van der Waals surface area contributed by atoms with E-state index in [1.807, 2.05) is 6.07 Å². The van der Waals surface area contributed by atoms with Gasteiger partial charge in [0.2, 0.25) is 0 Å². The summed E-state index contributed by atoms with van der Waals surface area (Å²) < 4.78 is 6.95. The molecule has 0 bridgehead atoms. The number of carbonyl (C=O) groups excluding carboxylic acids is 1. The number of benzene rings is 1. The summed E-state index contributed by atoms with van der Waals surface area (Å²) in [4.78, 5) is 29.1. The number of hydrogen-bond donors (Lipinski definition) is 1. The number of carbonyl (C=O) groups is 1. The van der Waals surface area contributed by atoms with E-state index in [2.05, 4.69) is 10.3 Å². The lowest BCUT2D eigenvalue weighted by Gasteiger charge is -2.17. The number of rotatable bonds is 2. The van der Waals surface area contributed by atoms with Gasteiger partial charge in [-0.3, -0.25) is 14.0 Å². The number of pyridine rings is 1. The molecule has 4 rings (SSSR count). The first-order valence-corrected chi connectivity index (χ1v) is 7.76. The van der Waals surface area contributed by atoms with Gasteiger partial charge >= 0.3 is 0 Å². The molecule has 1 aliphatic rings. The average molecular weight is 321 g/mol. The Hall–Kier alpha value is -3.15. The molecular weight excluding hydrogens is 306 g/mol. The Balaban J connectivity index is 1.65. The van der Waals surface area contributed by atoms with Gasteiger partial charge in [0.25, 0.3) is 11.5 Å². The average Bonchev–Trinajstić information content (AvgIpc) is 2.64. The van der Waals surface area contributed by atoms with Crippen molar-refractivity contribution in [2.24, 2.45) is 0 Å². The Labute approximate surface area is 137 Å². The second-order valence-corrected chi connectivity index (χ2v) is 5.63. The first-order chi connectivity index (χ1) is 11.7. The van der Waals surface area contributed by atoms with E-state index in [9.17, 15) is 9.59 Å². The van der Waals surface area contributed by atoms with E-state index < -0.39 is 0 Å². The molecule has 6 heteroatoms. The topological polar surface area (TPSA) is 72.7 Å². The van der Waals surface area contributed by atoms with Crippen LogP contribution in [0.5, 0.6) is 5.75 Å². The van der Waals surface area contributed by atoms with Gasteiger partial charge in [-0.15, -0.1) is 0 Å². The lowest BCUT2D eigenvalue weighted by Crippen LogP contribution is -2.23. The molecule has 0 spiro atoms. The van der Waals surface area contributed by atoms with Crippen molar-refractivity contribution in [1.82, 2.24) is 9.38 Å². The quantitative estimate of drug-likeness (QED) is 0.786. The van der Waals surface area contributed by atoms with Crippen LogP contribution in [0.2, 0.25) is 0 Å². The number of hydrogen-bond acceptors (Lipinski definition) is 4. The van der Waals surface area contributed by atoms with Gasteiger partial charge < -0.3 is 10.1 Å². The smallest absolute Gasteiger partial charge is 0.281 e. The van der Waals surface area contributed by atoms with Crippen LogP contribution in [0, 0.1) is 0 Å². The van der Waals surface area contributed by atoms with E-state index in [1.165, 1.54) is 10.6 Å². The maximum absolute atomic E-state index is 12.5. The number of nitrogens with zero attached hydrogens (tertiary/aromatic N) is 2. The van der Waals surface area contributed by atoms with Gasteiger partial charge in [-0.05, 0) is 48.7 Å². The Morgan fingerprint density at radius 2 is 2.17 bits per heavy atom. The van der Waals surface area contributed by atoms with Crippen molar-refractivity contribution in [3.8, 4) is 5.75 Å². The van der Waals surface area contributed by atoms with Gasteiger partial charge in [0.05, 0.1) is 12.8 Å². The van der Waals surface area contributed by atoms with Gasteiger partial charge in [-0.1, -0.05) is 6.07 Å². The summed E-state index contributed by atoms with van der Waals surface area (Å²) in [6, 6.07) is 10.6. The third-order valence-electron chi connectivity index (χ3n) is 4.03. The van der Waals surface area contributed by atoms with E-state index in [0.717, 1.165) is 24.2 Å². The Morgan fingerprint density at radius 1 is 1.25 bits per heavy atom. The third kappa shape index (κ3) is 2.52. The van der Waals surface area contributed by atoms with Gasteiger partial charge in [0.1, 0.15) is 17.1 Å². The molecular formula is C18H15N3O3. The lowest BCUT2D eigenvalue weighted by atomic mass is 10.0. The number of aromatic nitrogens is 2. The molecule has 1 aromatic carbocycles. The van der Waals surface area contributed by atoms with Crippen molar-refractivity contribution in [3.05, 3.63) is 70.3 Å². The van der Waals surface area contributed by atoms with Crippen molar-refractivity contribution in [2.75, 3.05) is 11.9 Å². The van der Waals surface area contributed by atoms with E-state index in [0.29, 0.717) is 17.8 Å². The van der Waals surface area contributed by atoms with Crippen molar-refractivity contribution in [2.45, 2.75) is 12.8 Å². The maximum atomic E-state index is 12.5. The molecule has 6 nitrogen and oxygen atoms in total. The minimum Gasteiger partial charge on any atom is -0.493 e. The summed E-state index contributed by atoms with van der Waals surface area (Å²) in [6.07, 6.45) is 4.83. The molecule has 0 radical (unpaired) electrons. The van der Waals surface area contributed by atoms with Gasteiger partial charge in [-0.2, -0.15) is 0 Å². The zero-order valence-corrected chi connectivity index (χ0v) is 12.9. The largest absolute Gasteiger partial charge is 0.493 e. The third-order valence-corrected chi connectivity index (χ3v) is 4.03. The number of fused-ring (bicyclic) bond motifs is 2. The molecule has 120 valence electrons. The predicted octanol–water partition coefficient (Wildman–Crippen LogP) is 2.27.